The second kappa shape index (κ2) is 7.93. The van der Waals surface area contributed by atoms with Crippen molar-refractivity contribution in [3.63, 3.8) is 0 Å². The molecule has 1 amide bonds. The molecule has 5 nitrogen and oxygen atoms in total. The standard InChI is InChI=1S/C18H21ClN4O/c1-11(2)7-13(20)9-17(21-3)23-18(24)14-10-16-12(8-15(14)19)5-4-6-22-16/h4-6,8-11H,7,20H2,1-3H3,(H,21,23,24)/b13-9-. The number of benzene rings is 1. The van der Waals surface area contributed by atoms with E-state index in [1.54, 1.807) is 31.5 Å². The Bertz CT molecular complexity index is 812. The van der Waals surface area contributed by atoms with Crippen molar-refractivity contribution in [3.8, 4) is 0 Å². The molecule has 24 heavy (non-hydrogen) atoms. The monoisotopic (exact) mass is 344 g/mol. The molecule has 0 unspecified atom stereocenters. The van der Waals surface area contributed by atoms with Gasteiger partial charge in [0.2, 0.25) is 0 Å². The summed E-state index contributed by atoms with van der Waals surface area (Å²) in [5.74, 6) is 0.480. The lowest BCUT2D eigenvalue weighted by Gasteiger charge is -2.10. The second-order valence-electron chi connectivity index (χ2n) is 5.91. The van der Waals surface area contributed by atoms with Crippen LogP contribution in [0.1, 0.15) is 30.6 Å². The number of hydrogen-bond acceptors (Lipinski definition) is 4. The van der Waals surface area contributed by atoms with Gasteiger partial charge < -0.3 is 11.1 Å². The van der Waals surface area contributed by atoms with E-state index in [4.69, 9.17) is 17.3 Å². The highest BCUT2D eigenvalue weighted by atomic mass is 35.5. The van der Waals surface area contributed by atoms with Crippen molar-refractivity contribution < 1.29 is 4.79 Å². The molecule has 0 radical (unpaired) electrons. The van der Waals surface area contributed by atoms with Crippen molar-refractivity contribution in [2.75, 3.05) is 7.05 Å². The van der Waals surface area contributed by atoms with Gasteiger partial charge in [-0.25, -0.2) is 0 Å². The van der Waals surface area contributed by atoms with Gasteiger partial charge in [0, 0.05) is 24.3 Å². The zero-order chi connectivity index (χ0) is 17.7. The minimum atomic E-state index is -0.346. The molecule has 1 aromatic carbocycles. The fraction of sp³-hybridized carbons (Fsp3) is 0.278. The van der Waals surface area contributed by atoms with Crippen LogP contribution in [-0.4, -0.2) is 23.8 Å². The Balaban J connectivity index is 2.24. The van der Waals surface area contributed by atoms with E-state index in [9.17, 15) is 4.79 Å². The Morgan fingerprint density at radius 3 is 2.88 bits per heavy atom. The molecule has 0 spiro atoms. The minimum absolute atomic E-state index is 0.346. The van der Waals surface area contributed by atoms with Gasteiger partial charge in [0.1, 0.15) is 5.84 Å². The summed E-state index contributed by atoms with van der Waals surface area (Å²) in [6.07, 6.45) is 4.08. The number of amides is 1. The summed E-state index contributed by atoms with van der Waals surface area (Å²) < 4.78 is 0. The van der Waals surface area contributed by atoms with Crippen molar-refractivity contribution >= 4 is 34.2 Å². The number of carbonyl (C=O) groups excluding carboxylic acids is 1. The van der Waals surface area contributed by atoms with Crippen LogP contribution in [0.5, 0.6) is 0 Å². The van der Waals surface area contributed by atoms with E-state index in [2.05, 4.69) is 29.1 Å². The summed E-state index contributed by atoms with van der Waals surface area (Å²) >= 11 is 6.23. The molecule has 0 aliphatic carbocycles. The third-order valence-electron chi connectivity index (χ3n) is 3.39. The molecule has 0 saturated carbocycles. The van der Waals surface area contributed by atoms with E-state index >= 15 is 0 Å². The first-order chi connectivity index (χ1) is 11.4. The first-order valence-electron chi connectivity index (χ1n) is 7.69. The molecule has 2 aromatic rings. The Labute approximate surface area is 146 Å². The SMILES string of the molecule is CN=C(/C=C(\N)CC(C)C)NC(=O)c1cc2ncccc2cc1Cl. The van der Waals surface area contributed by atoms with Crippen LogP contribution in [0.15, 0.2) is 47.2 Å². The van der Waals surface area contributed by atoms with Crippen LogP contribution in [0, 0.1) is 5.92 Å². The maximum atomic E-state index is 12.5. The van der Waals surface area contributed by atoms with E-state index in [0.29, 0.717) is 33.6 Å². The van der Waals surface area contributed by atoms with Crippen LogP contribution in [0.4, 0.5) is 0 Å². The number of nitrogens with one attached hydrogen (secondary N) is 1. The van der Waals surface area contributed by atoms with Crippen LogP contribution in [0.2, 0.25) is 5.02 Å². The molecule has 0 aliphatic heterocycles. The van der Waals surface area contributed by atoms with Gasteiger partial charge in [-0.1, -0.05) is 31.5 Å². The summed E-state index contributed by atoms with van der Waals surface area (Å²) in [7, 11) is 1.60. The van der Waals surface area contributed by atoms with Gasteiger partial charge in [-0.3, -0.25) is 14.8 Å². The molecule has 2 rings (SSSR count). The number of fused-ring (bicyclic) bond motifs is 1. The third-order valence-corrected chi connectivity index (χ3v) is 3.70. The summed E-state index contributed by atoms with van der Waals surface area (Å²) in [5.41, 5.74) is 7.68. The van der Waals surface area contributed by atoms with E-state index in [1.807, 2.05) is 12.1 Å². The summed E-state index contributed by atoms with van der Waals surface area (Å²) in [6.45, 7) is 4.15. The first-order valence-corrected chi connectivity index (χ1v) is 8.07. The minimum Gasteiger partial charge on any atom is -0.402 e. The molecule has 3 N–H and O–H groups in total. The maximum absolute atomic E-state index is 12.5. The Morgan fingerprint density at radius 1 is 1.46 bits per heavy atom. The zero-order valence-corrected chi connectivity index (χ0v) is 14.8. The number of aromatic nitrogens is 1. The predicted molar refractivity (Wildman–Crippen MR) is 99.3 cm³/mol. The van der Waals surface area contributed by atoms with E-state index in [0.717, 1.165) is 11.8 Å². The van der Waals surface area contributed by atoms with Gasteiger partial charge >= 0.3 is 0 Å². The Kier molecular flexibility index (Phi) is 5.93. The quantitative estimate of drug-likeness (QED) is 0.657. The van der Waals surface area contributed by atoms with Crippen LogP contribution in [0.3, 0.4) is 0 Å². The number of nitrogens with two attached hydrogens (primary N) is 1. The molecular weight excluding hydrogens is 324 g/mol. The first kappa shape index (κ1) is 17.9. The van der Waals surface area contributed by atoms with Crippen LogP contribution in [-0.2, 0) is 0 Å². The number of allylic oxidation sites excluding steroid dienone is 1. The molecule has 0 bridgehead atoms. The van der Waals surface area contributed by atoms with Crippen LogP contribution in [0.25, 0.3) is 10.9 Å². The molecule has 0 aliphatic rings. The number of halogens is 1. The fourth-order valence-corrected chi connectivity index (χ4v) is 2.57. The highest BCUT2D eigenvalue weighted by Gasteiger charge is 2.13. The topological polar surface area (TPSA) is 80.4 Å². The van der Waals surface area contributed by atoms with E-state index in [-0.39, 0.29) is 5.91 Å². The number of amidine groups is 1. The summed E-state index contributed by atoms with van der Waals surface area (Å²) in [6, 6.07) is 7.11. The van der Waals surface area contributed by atoms with Crippen LogP contribution >= 0.6 is 11.6 Å². The zero-order valence-electron chi connectivity index (χ0n) is 14.0. The third kappa shape index (κ3) is 4.55. The van der Waals surface area contributed by atoms with Gasteiger partial charge in [-0.2, -0.15) is 0 Å². The number of carbonyl (C=O) groups is 1. The van der Waals surface area contributed by atoms with Crippen LogP contribution < -0.4 is 11.1 Å². The highest BCUT2D eigenvalue weighted by Crippen LogP contribution is 2.22. The molecule has 6 heteroatoms. The van der Waals surface area contributed by atoms with Gasteiger partial charge in [-0.15, -0.1) is 0 Å². The second-order valence-corrected chi connectivity index (χ2v) is 6.32. The van der Waals surface area contributed by atoms with Crippen molar-refractivity contribution in [2.24, 2.45) is 16.6 Å². The fourth-order valence-electron chi connectivity index (χ4n) is 2.31. The average molecular weight is 345 g/mol. The molecule has 0 fully saturated rings. The van der Waals surface area contributed by atoms with E-state index < -0.39 is 0 Å². The number of aliphatic imine (C=N–C) groups is 1. The number of hydrogen-bond donors (Lipinski definition) is 2. The van der Waals surface area contributed by atoms with E-state index in [1.165, 1.54) is 0 Å². The molecule has 1 heterocycles. The van der Waals surface area contributed by atoms with Gasteiger partial charge in [-0.05, 0) is 36.6 Å². The van der Waals surface area contributed by atoms with Crippen molar-refractivity contribution in [1.29, 1.82) is 0 Å². The summed E-state index contributed by atoms with van der Waals surface area (Å²) in [4.78, 5) is 20.8. The van der Waals surface area contributed by atoms with Gasteiger partial charge in [0.05, 0.1) is 16.1 Å². The number of nitrogens with zero attached hydrogens (tertiary/aromatic N) is 2. The number of rotatable bonds is 4. The molecular formula is C18H21ClN4O. The maximum Gasteiger partial charge on any atom is 0.258 e. The molecule has 0 atom stereocenters. The average Bonchev–Trinajstić information content (AvgIpc) is 2.52. The lowest BCUT2D eigenvalue weighted by molar-refractivity contribution is 0.0977. The molecule has 126 valence electrons. The Morgan fingerprint density at radius 2 is 2.21 bits per heavy atom. The lowest BCUT2D eigenvalue weighted by Crippen LogP contribution is -2.30. The largest absolute Gasteiger partial charge is 0.402 e. The molecule has 1 aromatic heterocycles. The number of pyridine rings is 1. The van der Waals surface area contributed by atoms with Gasteiger partial charge in [0.15, 0.2) is 0 Å². The summed E-state index contributed by atoms with van der Waals surface area (Å²) in [5, 5.41) is 3.98. The molecule has 0 saturated heterocycles. The highest BCUT2D eigenvalue weighted by molar-refractivity contribution is 6.35. The van der Waals surface area contributed by atoms with Crippen molar-refractivity contribution in [2.45, 2.75) is 20.3 Å². The normalized spacial score (nSPS) is 12.7. The van der Waals surface area contributed by atoms with Crippen molar-refractivity contribution in [1.82, 2.24) is 10.3 Å². The Hall–Kier alpha value is -2.40. The van der Waals surface area contributed by atoms with Gasteiger partial charge in [0.25, 0.3) is 5.91 Å². The van der Waals surface area contributed by atoms with Crippen molar-refractivity contribution in [3.05, 3.63) is 52.8 Å². The smallest absolute Gasteiger partial charge is 0.258 e. The lowest BCUT2D eigenvalue weighted by atomic mass is 10.1. The predicted octanol–water partition coefficient (Wildman–Crippen LogP) is 3.54.